The van der Waals surface area contributed by atoms with Crippen molar-refractivity contribution in [1.29, 1.82) is 0 Å². The Kier molecular flexibility index (Phi) is 7.24. The first-order valence-electron chi connectivity index (χ1n) is 11.7. The molecule has 0 aliphatic carbocycles. The molecule has 36 heavy (non-hydrogen) atoms. The number of carbonyl (C=O) groups excluding carboxylic acids is 3. The Hall–Kier alpha value is -4.33. The van der Waals surface area contributed by atoms with Crippen molar-refractivity contribution in [2.45, 2.75) is 45.4 Å². The number of benzene rings is 2. The average Bonchev–Trinajstić information content (AvgIpc) is 3.49. The maximum Gasteiger partial charge on any atom is 0.419 e. The van der Waals surface area contributed by atoms with Gasteiger partial charge in [-0.3, -0.25) is 4.79 Å². The summed E-state index contributed by atoms with van der Waals surface area (Å²) >= 11 is 0. The van der Waals surface area contributed by atoms with Crippen LogP contribution in [0.25, 0.3) is 10.9 Å². The zero-order valence-electron chi connectivity index (χ0n) is 20.5. The molecular weight excluding hydrogens is 458 g/mol. The van der Waals surface area contributed by atoms with Crippen molar-refractivity contribution in [3.05, 3.63) is 95.9 Å². The summed E-state index contributed by atoms with van der Waals surface area (Å²) in [4.78, 5) is 42.3. The number of aromatic amines is 1. The summed E-state index contributed by atoms with van der Waals surface area (Å²) in [5, 5.41) is 3.64. The highest BCUT2D eigenvalue weighted by molar-refractivity contribution is 6.03. The van der Waals surface area contributed by atoms with E-state index in [-0.39, 0.29) is 18.7 Å². The maximum atomic E-state index is 13.7. The molecule has 1 amide bonds. The van der Waals surface area contributed by atoms with Gasteiger partial charge in [0.05, 0.1) is 5.69 Å². The first-order chi connectivity index (χ1) is 17.2. The molecule has 2 aromatic carbocycles. The number of H-pyrrole nitrogens is 1. The van der Waals surface area contributed by atoms with Crippen LogP contribution in [0.15, 0.2) is 79.1 Å². The molecule has 0 aliphatic rings. The number of rotatable bonds is 7. The van der Waals surface area contributed by atoms with E-state index in [4.69, 9.17) is 9.47 Å². The second-order valence-corrected chi connectivity index (χ2v) is 9.43. The second kappa shape index (κ2) is 10.5. The number of fused-ring (bicyclic) bond motifs is 1. The monoisotopic (exact) mass is 487 g/mol. The van der Waals surface area contributed by atoms with Gasteiger partial charge in [0.25, 0.3) is 0 Å². The molecule has 1 atom stereocenters. The van der Waals surface area contributed by atoms with E-state index in [0.29, 0.717) is 0 Å². The lowest BCUT2D eigenvalue weighted by atomic mass is 10.00. The zero-order valence-corrected chi connectivity index (χ0v) is 20.5. The van der Waals surface area contributed by atoms with Gasteiger partial charge in [-0.2, -0.15) is 0 Å². The van der Waals surface area contributed by atoms with Crippen LogP contribution < -0.4 is 5.32 Å². The van der Waals surface area contributed by atoms with Gasteiger partial charge in [0, 0.05) is 29.7 Å². The van der Waals surface area contributed by atoms with Crippen molar-refractivity contribution in [2.75, 3.05) is 0 Å². The third kappa shape index (κ3) is 6.02. The van der Waals surface area contributed by atoms with E-state index in [0.717, 1.165) is 26.6 Å². The van der Waals surface area contributed by atoms with Crippen LogP contribution in [-0.4, -0.2) is 39.2 Å². The number of Topliss-reactive ketones (excluding diaryl/α,β-unsaturated/α-hetero) is 1. The Balaban J connectivity index is 1.58. The molecule has 8 nitrogen and oxygen atoms in total. The van der Waals surface area contributed by atoms with Gasteiger partial charge in [-0.1, -0.05) is 48.5 Å². The SMILES string of the molecule is CC(C)(C)OC(=O)n1cccc1C(=O)[C@H](Cc1c[nH]c2ccccc12)NC(=O)OCc1ccccc1. The molecule has 0 saturated carbocycles. The number of hydrogen-bond donors (Lipinski definition) is 2. The Morgan fingerprint density at radius 1 is 0.972 bits per heavy atom. The molecule has 0 spiro atoms. The van der Waals surface area contributed by atoms with E-state index in [2.05, 4.69) is 10.3 Å². The summed E-state index contributed by atoms with van der Waals surface area (Å²) in [5.74, 6) is -0.437. The van der Waals surface area contributed by atoms with Gasteiger partial charge in [-0.15, -0.1) is 0 Å². The minimum absolute atomic E-state index is 0.0644. The number of ether oxygens (including phenoxy) is 2. The van der Waals surface area contributed by atoms with Gasteiger partial charge in [0.1, 0.15) is 18.2 Å². The van der Waals surface area contributed by atoms with Gasteiger partial charge < -0.3 is 19.8 Å². The predicted molar refractivity (Wildman–Crippen MR) is 136 cm³/mol. The van der Waals surface area contributed by atoms with Gasteiger partial charge in [-0.05, 0) is 50.1 Å². The number of amides is 1. The van der Waals surface area contributed by atoms with Crippen LogP contribution in [0, 0.1) is 0 Å². The highest BCUT2D eigenvalue weighted by Gasteiger charge is 2.29. The standard InChI is InChI=1S/C28H29N3O5/c1-28(2,3)36-27(34)31-15-9-14-24(31)25(32)23(16-20-17-29-22-13-8-7-12-21(20)22)30-26(33)35-18-19-10-5-4-6-11-19/h4-15,17,23,29H,16,18H2,1-3H3,(H,30,33)/t23-/m0/s1. The molecule has 0 saturated heterocycles. The highest BCUT2D eigenvalue weighted by Crippen LogP contribution is 2.21. The molecule has 0 bridgehead atoms. The molecule has 2 N–H and O–H groups in total. The molecular formula is C28H29N3O5. The quantitative estimate of drug-likeness (QED) is 0.337. The summed E-state index contributed by atoms with van der Waals surface area (Å²) in [6.45, 7) is 5.31. The number of ketones is 1. The third-order valence-corrected chi connectivity index (χ3v) is 5.51. The largest absolute Gasteiger partial charge is 0.445 e. The lowest BCUT2D eigenvalue weighted by Gasteiger charge is -2.21. The molecule has 0 radical (unpaired) electrons. The van der Waals surface area contributed by atoms with Gasteiger partial charge >= 0.3 is 12.2 Å². The molecule has 8 heteroatoms. The smallest absolute Gasteiger partial charge is 0.419 e. The summed E-state index contributed by atoms with van der Waals surface area (Å²) < 4.78 is 12.0. The second-order valence-electron chi connectivity index (χ2n) is 9.43. The van der Waals surface area contributed by atoms with Crippen molar-refractivity contribution in [1.82, 2.24) is 14.9 Å². The minimum atomic E-state index is -0.983. The molecule has 0 unspecified atom stereocenters. The summed E-state index contributed by atoms with van der Waals surface area (Å²) in [5.41, 5.74) is 1.97. The summed E-state index contributed by atoms with van der Waals surface area (Å²) in [7, 11) is 0. The van der Waals surface area contributed by atoms with E-state index in [1.807, 2.05) is 60.8 Å². The fraction of sp³-hybridized carbons (Fsp3) is 0.250. The molecule has 4 rings (SSSR count). The van der Waals surface area contributed by atoms with Crippen molar-refractivity contribution in [3.63, 3.8) is 0 Å². The number of nitrogens with one attached hydrogen (secondary N) is 2. The average molecular weight is 488 g/mol. The molecule has 2 aromatic heterocycles. The van der Waals surface area contributed by atoms with E-state index < -0.39 is 29.6 Å². The lowest BCUT2D eigenvalue weighted by Crippen LogP contribution is -2.43. The van der Waals surface area contributed by atoms with E-state index in [1.165, 1.54) is 12.3 Å². The lowest BCUT2D eigenvalue weighted by molar-refractivity contribution is 0.0527. The molecule has 0 aliphatic heterocycles. The third-order valence-electron chi connectivity index (χ3n) is 5.51. The molecule has 4 aromatic rings. The highest BCUT2D eigenvalue weighted by atomic mass is 16.6. The van der Waals surface area contributed by atoms with Crippen LogP contribution in [0.1, 0.15) is 42.4 Å². The minimum Gasteiger partial charge on any atom is -0.445 e. The Bertz CT molecular complexity index is 1360. The van der Waals surface area contributed by atoms with Crippen LogP contribution in [0.3, 0.4) is 0 Å². The number of aromatic nitrogens is 2. The van der Waals surface area contributed by atoms with Crippen molar-refractivity contribution in [3.8, 4) is 0 Å². The first-order valence-corrected chi connectivity index (χ1v) is 11.7. The topological polar surface area (TPSA) is 102 Å². The van der Waals surface area contributed by atoms with Crippen LogP contribution in [0.4, 0.5) is 9.59 Å². The Morgan fingerprint density at radius 3 is 2.44 bits per heavy atom. The summed E-state index contributed by atoms with van der Waals surface area (Å²) in [6.07, 6.45) is 2.08. The van der Waals surface area contributed by atoms with Gasteiger partial charge in [0.15, 0.2) is 0 Å². The number of carbonyl (C=O) groups is 3. The van der Waals surface area contributed by atoms with E-state index in [9.17, 15) is 14.4 Å². The Morgan fingerprint density at radius 2 is 1.69 bits per heavy atom. The first kappa shape index (κ1) is 24.8. The fourth-order valence-corrected chi connectivity index (χ4v) is 3.87. The van der Waals surface area contributed by atoms with Crippen molar-refractivity contribution >= 4 is 28.9 Å². The number of para-hydroxylation sites is 1. The van der Waals surface area contributed by atoms with Crippen LogP contribution in [0.5, 0.6) is 0 Å². The number of hydrogen-bond acceptors (Lipinski definition) is 5. The predicted octanol–water partition coefficient (Wildman–Crippen LogP) is 5.47. The van der Waals surface area contributed by atoms with Crippen LogP contribution >= 0.6 is 0 Å². The van der Waals surface area contributed by atoms with Gasteiger partial charge in [0.2, 0.25) is 5.78 Å². The van der Waals surface area contributed by atoms with E-state index >= 15 is 0 Å². The number of nitrogens with zero attached hydrogens (tertiary/aromatic N) is 1. The van der Waals surface area contributed by atoms with Crippen LogP contribution in [-0.2, 0) is 22.5 Å². The molecule has 2 heterocycles. The zero-order chi connectivity index (χ0) is 25.7. The Labute approximate surface area is 209 Å². The molecule has 186 valence electrons. The number of alkyl carbamates (subject to hydrolysis) is 1. The van der Waals surface area contributed by atoms with E-state index in [1.54, 1.807) is 26.8 Å². The van der Waals surface area contributed by atoms with Gasteiger partial charge in [-0.25, -0.2) is 14.2 Å². The fourth-order valence-electron chi connectivity index (χ4n) is 3.87. The maximum absolute atomic E-state index is 13.7. The summed E-state index contributed by atoms with van der Waals surface area (Å²) in [6, 6.07) is 19.1. The van der Waals surface area contributed by atoms with Crippen molar-refractivity contribution < 1.29 is 23.9 Å². The van der Waals surface area contributed by atoms with Crippen molar-refractivity contribution in [2.24, 2.45) is 0 Å². The van der Waals surface area contributed by atoms with Crippen LogP contribution in [0.2, 0.25) is 0 Å². The molecule has 0 fully saturated rings. The normalized spacial score (nSPS) is 12.2.